The minimum Gasteiger partial charge on any atom is -0.455 e. The van der Waals surface area contributed by atoms with E-state index in [4.69, 9.17) is 4.74 Å². The molecule has 0 atom stereocenters. The van der Waals surface area contributed by atoms with E-state index in [2.05, 4.69) is 30.7 Å². The Hall–Kier alpha value is -5.13. The summed E-state index contributed by atoms with van der Waals surface area (Å²) in [4.78, 5) is 34.4. The number of H-pyrrole nitrogens is 1. The molecular formula is C23H15F2N7O3. The van der Waals surface area contributed by atoms with Crippen molar-refractivity contribution in [2.45, 2.75) is 0 Å². The number of halogens is 2. The van der Waals surface area contributed by atoms with Gasteiger partial charge in [-0.15, -0.1) is 0 Å². The first-order valence-electron chi connectivity index (χ1n) is 10.2. The third-order valence-electron chi connectivity index (χ3n) is 4.79. The lowest BCUT2D eigenvalue weighted by Crippen LogP contribution is -2.22. The molecule has 35 heavy (non-hydrogen) atoms. The molecule has 0 unspecified atom stereocenters. The van der Waals surface area contributed by atoms with Crippen LogP contribution < -0.4 is 20.9 Å². The smallest absolute Gasteiger partial charge is 0.324 e. The van der Waals surface area contributed by atoms with Crippen LogP contribution in [0.15, 0.2) is 78.0 Å². The summed E-state index contributed by atoms with van der Waals surface area (Å²) in [5, 5.41) is 9.03. The van der Waals surface area contributed by atoms with Crippen LogP contribution in [0.4, 0.5) is 25.1 Å². The van der Waals surface area contributed by atoms with E-state index >= 15 is 0 Å². The number of carbonyl (C=O) groups is 1. The van der Waals surface area contributed by atoms with Crippen molar-refractivity contribution in [1.29, 1.82) is 0 Å². The molecule has 0 saturated carbocycles. The average Bonchev–Trinajstić information content (AvgIpc) is 3.29. The molecule has 0 aliphatic heterocycles. The number of hydrogen-bond donors (Lipinski definition) is 3. The number of nitrogens with one attached hydrogen (secondary N) is 3. The number of nitrogens with zero attached hydrogens (tertiary/aromatic N) is 4. The molecule has 12 heteroatoms. The Morgan fingerprint density at radius 2 is 1.89 bits per heavy atom. The van der Waals surface area contributed by atoms with Gasteiger partial charge in [-0.25, -0.2) is 28.2 Å². The number of aromatic nitrogens is 5. The molecule has 0 radical (unpaired) electrons. The molecule has 3 aromatic heterocycles. The summed E-state index contributed by atoms with van der Waals surface area (Å²) in [5.41, 5.74) is 0.404. The number of benzene rings is 2. The predicted octanol–water partition coefficient (Wildman–Crippen LogP) is 4.22. The van der Waals surface area contributed by atoms with Gasteiger partial charge < -0.3 is 15.0 Å². The van der Waals surface area contributed by atoms with E-state index in [9.17, 15) is 18.4 Å². The van der Waals surface area contributed by atoms with Gasteiger partial charge in [-0.1, -0.05) is 6.07 Å². The van der Waals surface area contributed by atoms with Gasteiger partial charge in [0.25, 0.3) is 5.56 Å². The van der Waals surface area contributed by atoms with Gasteiger partial charge in [0, 0.05) is 24.4 Å². The Morgan fingerprint density at radius 3 is 2.71 bits per heavy atom. The average molecular weight is 475 g/mol. The van der Waals surface area contributed by atoms with Gasteiger partial charge in [0.05, 0.1) is 23.8 Å². The summed E-state index contributed by atoms with van der Waals surface area (Å²) < 4.78 is 35.3. The van der Waals surface area contributed by atoms with Crippen LogP contribution in [-0.2, 0) is 0 Å². The van der Waals surface area contributed by atoms with Crippen LogP contribution in [0.2, 0.25) is 0 Å². The SMILES string of the molecule is O=C(Nc1ccc(Oc2ccnc3[nH]c(=O)cnc23)cc1F)Nc1ccnn1-c1cccc(F)c1. The van der Waals surface area contributed by atoms with Gasteiger partial charge >= 0.3 is 6.03 Å². The van der Waals surface area contributed by atoms with E-state index in [-0.39, 0.29) is 28.7 Å². The van der Waals surface area contributed by atoms with Crippen LogP contribution in [0.3, 0.4) is 0 Å². The first-order chi connectivity index (χ1) is 17.0. The molecule has 0 aliphatic rings. The summed E-state index contributed by atoms with van der Waals surface area (Å²) in [7, 11) is 0. The number of aromatic amines is 1. The third kappa shape index (κ3) is 4.66. The Labute approximate surface area is 195 Å². The normalized spacial score (nSPS) is 10.8. The first kappa shape index (κ1) is 21.7. The molecule has 5 rings (SSSR count). The van der Waals surface area contributed by atoms with E-state index in [1.165, 1.54) is 59.5 Å². The van der Waals surface area contributed by atoms with E-state index in [1.54, 1.807) is 6.07 Å². The molecule has 0 bridgehead atoms. The van der Waals surface area contributed by atoms with Gasteiger partial charge in [0.15, 0.2) is 11.4 Å². The van der Waals surface area contributed by atoms with Crippen LogP contribution >= 0.6 is 0 Å². The van der Waals surface area contributed by atoms with Crippen LogP contribution in [0, 0.1) is 11.6 Å². The molecule has 0 aliphatic carbocycles. The van der Waals surface area contributed by atoms with Crippen molar-refractivity contribution in [3.05, 3.63) is 95.2 Å². The molecule has 0 spiro atoms. The van der Waals surface area contributed by atoms with Gasteiger partial charge in [-0.05, 0) is 30.3 Å². The van der Waals surface area contributed by atoms with E-state index in [1.807, 2.05) is 0 Å². The van der Waals surface area contributed by atoms with Crippen molar-refractivity contribution in [2.24, 2.45) is 0 Å². The maximum atomic E-state index is 14.7. The van der Waals surface area contributed by atoms with Gasteiger partial charge in [-0.2, -0.15) is 5.10 Å². The standard InChI is InChI=1S/C23H15F2N7O3/c24-13-2-1-3-14(10-13)32-19(7-9-28-32)30-23(34)29-17-5-4-15(11-16(17)25)35-18-6-8-26-22-21(18)27-12-20(33)31-22/h1-12H,(H,26,31,33)(H2,29,30,34). The van der Waals surface area contributed by atoms with Crippen molar-refractivity contribution in [3.63, 3.8) is 0 Å². The third-order valence-corrected chi connectivity index (χ3v) is 4.79. The van der Waals surface area contributed by atoms with Gasteiger partial charge in [0.2, 0.25) is 0 Å². The quantitative estimate of drug-likeness (QED) is 0.349. The van der Waals surface area contributed by atoms with Crippen LogP contribution in [0.25, 0.3) is 16.9 Å². The topological polar surface area (TPSA) is 127 Å². The van der Waals surface area contributed by atoms with Crippen LogP contribution in [0.1, 0.15) is 0 Å². The predicted molar refractivity (Wildman–Crippen MR) is 123 cm³/mol. The second-order valence-electron chi connectivity index (χ2n) is 7.18. The van der Waals surface area contributed by atoms with Crippen LogP contribution in [-0.4, -0.2) is 30.8 Å². The number of urea groups is 1. The highest BCUT2D eigenvalue weighted by molar-refractivity contribution is 5.99. The second-order valence-corrected chi connectivity index (χ2v) is 7.18. The number of pyridine rings is 1. The van der Waals surface area contributed by atoms with Crippen molar-refractivity contribution in [2.75, 3.05) is 10.6 Å². The highest BCUT2D eigenvalue weighted by Crippen LogP contribution is 2.28. The zero-order valence-corrected chi connectivity index (χ0v) is 17.7. The van der Waals surface area contributed by atoms with Crippen LogP contribution in [0.5, 0.6) is 11.5 Å². The molecule has 174 valence electrons. The monoisotopic (exact) mass is 475 g/mol. The molecule has 5 aromatic rings. The number of rotatable bonds is 5. The molecule has 10 nitrogen and oxygen atoms in total. The highest BCUT2D eigenvalue weighted by Gasteiger charge is 2.13. The number of amides is 2. The van der Waals surface area contributed by atoms with Crippen molar-refractivity contribution in [3.8, 4) is 17.2 Å². The van der Waals surface area contributed by atoms with E-state index in [0.717, 1.165) is 12.3 Å². The van der Waals surface area contributed by atoms with Crippen molar-refractivity contribution in [1.82, 2.24) is 24.7 Å². The lowest BCUT2D eigenvalue weighted by molar-refractivity contribution is 0.262. The summed E-state index contributed by atoms with van der Waals surface area (Å²) in [6.07, 6.45) is 3.93. The van der Waals surface area contributed by atoms with E-state index in [0.29, 0.717) is 11.2 Å². The Bertz CT molecular complexity index is 1620. The zero-order chi connectivity index (χ0) is 24.4. The molecule has 0 saturated heterocycles. The van der Waals surface area contributed by atoms with E-state index < -0.39 is 23.2 Å². The summed E-state index contributed by atoms with van der Waals surface area (Å²) in [6.45, 7) is 0. The molecule has 3 N–H and O–H groups in total. The van der Waals surface area contributed by atoms with Gasteiger partial charge in [-0.3, -0.25) is 10.1 Å². The number of hydrogen-bond acceptors (Lipinski definition) is 6. The van der Waals surface area contributed by atoms with Gasteiger partial charge in [0.1, 0.15) is 28.7 Å². The molecule has 0 fully saturated rings. The number of fused-ring (bicyclic) bond motifs is 1. The lowest BCUT2D eigenvalue weighted by Gasteiger charge is -2.12. The number of carbonyl (C=O) groups excluding carboxylic acids is 1. The molecular weight excluding hydrogens is 460 g/mol. The molecule has 2 amide bonds. The Kier molecular flexibility index (Phi) is 5.59. The highest BCUT2D eigenvalue weighted by atomic mass is 19.1. The minimum absolute atomic E-state index is 0.103. The minimum atomic E-state index is -0.754. The van der Waals surface area contributed by atoms with Crippen molar-refractivity contribution >= 4 is 28.7 Å². The Morgan fingerprint density at radius 1 is 1.00 bits per heavy atom. The zero-order valence-electron chi connectivity index (χ0n) is 17.7. The first-order valence-corrected chi connectivity index (χ1v) is 10.2. The second kappa shape index (κ2) is 9.02. The Balaban J connectivity index is 1.30. The lowest BCUT2D eigenvalue weighted by atomic mass is 10.3. The maximum Gasteiger partial charge on any atom is 0.324 e. The summed E-state index contributed by atoms with van der Waals surface area (Å²) >= 11 is 0. The molecule has 2 aromatic carbocycles. The molecule has 3 heterocycles. The summed E-state index contributed by atoms with van der Waals surface area (Å²) in [6, 6.07) is 11.8. The van der Waals surface area contributed by atoms with Crippen molar-refractivity contribution < 1.29 is 18.3 Å². The number of ether oxygens (including phenoxy) is 1. The fraction of sp³-hybridized carbons (Fsp3) is 0. The maximum absolute atomic E-state index is 14.7. The number of anilines is 2. The largest absolute Gasteiger partial charge is 0.455 e. The summed E-state index contributed by atoms with van der Waals surface area (Å²) in [5.74, 6) is -0.561. The fourth-order valence-corrected chi connectivity index (χ4v) is 3.28. The fourth-order valence-electron chi connectivity index (χ4n) is 3.28.